The van der Waals surface area contributed by atoms with E-state index < -0.39 is 12.1 Å². The maximum Gasteiger partial charge on any atom is 0.412 e. The summed E-state index contributed by atoms with van der Waals surface area (Å²) in [5, 5.41) is 15.2. The number of ether oxygens (including phenoxy) is 1. The molecule has 0 fully saturated rings. The molecule has 0 bridgehead atoms. The highest BCUT2D eigenvalue weighted by Gasteiger charge is 2.21. The highest BCUT2D eigenvalue weighted by atomic mass is 16.5. The Hall–Kier alpha value is -2.05. The fraction of sp³-hybridized carbons (Fsp3) is 0.444. The second kappa shape index (κ2) is 4.65. The molecule has 1 amide bonds. The summed E-state index contributed by atoms with van der Waals surface area (Å²) in [4.78, 5) is 22.1. The lowest BCUT2D eigenvalue weighted by atomic mass is 10.2. The van der Waals surface area contributed by atoms with E-state index >= 15 is 0 Å². The van der Waals surface area contributed by atoms with Crippen molar-refractivity contribution < 1.29 is 19.4 Å². The molecule has 7 heteroatoms. The van der Waals surface area contributed by atoms with Crippen molar-refractivity contribution in [1.29, 1.82) is 0 Å². The first-order valence-corrected chi connectivity index (χ1v) is 4.68. The Balaban J connectivity index is 3.03. The minimum atomic E-state index is -1.14. The van der Waals surface area contributed by atoms with E-state index in [0.29, 0.717) is 5.69 Å². The van der Waals surface area contributed by atoms with Gasteiger partial charge in [-0.2, -0.15) is 5.10 Å². The molecule has 0 aliphatic carbocycles. The van der Waals surface area contributed by atoms with Crippen LogP contribution in [0.4, 0.5) is 10.6 Å². The molecule has 0 aliphatic heterocycles. The van der Waals surface area contributed by atoms with Crippen LogP contribution in [-0.4, -0.2) is 33.6 Å². The smallest absolute Gasteiger partial charge is 0.412 e. The molecule has 0 aliphatic rings. The Morgan fingerprint density at radius 1 is 1.56 bits per heavy atom. The highest BCUT2D eigenvalue weighted by molar-refractivity contribution is 5.98. The molecular formula is C9H13N3O4. The van der Waals surface area contributed by atoms with E-state index in [2.05, 4.69) is 15.2 Å². The van der Waals surface area contributed by atoms with Crippen LogP contribution in [0.3, 0.4) is 0 Å². The minimum Gasteiger partial charge on any atom is -0.477 e. The number of hydrogen-bond donors (Lipinski definition) is 2. The number of aryl methyl sites for hydroxylation is 2. The van der Waals surface area contributed by atoms with Crippen molar-refractivity contribution in [3.05, 3.63) is 11.3 Å². The van der Waals surface area contributed by atoms with Crippen LogP contribution in [0.5, 0.6) is 0 Å². The first kappa shape index (κ1) is 12.0. The largest absolute Gasteiger partial charge is 0.477 e. The average molecular weight is 227 g/mol. The van der Waals surface area contributed by atoms with Gasteiger partial charge >= 0.3 is 12.1 Å². The number of nitrogens with one attached hydrogen (secondary N) is 1. The highest BCUT2D eigenvalue weighted by Crippen LogP contribution is 2.18. The van der Waals surface area contributed by atoms with Gasteiger partial charge in [-0.25, -0.2) is 9.59 Å². The van der Waals surface area contributed by atoms with Gasteiger partial charge in [-0.3, -0.25) is 10.00 Å². The van der Waals surface area contributed by atoms with Crippen LogP contribution in [0.2, 0.25) is 0 Å². The average Bonchev–Trinajstić information content (AvgIpc) is 2.41. The molecule has 0 spiro atoms. The Kier molecular flexibility index (Phi) is 3.49. The molecule has 0 aromatic carbocycles. The third kappa shape index (κ3) is 2.30. The quantitative estimate of drug-likeness (QED) is 0.803. The van der Waals surface area contributed by atoms with Gasteiger partial charge in [0.1, 0.15) is 11.4 Å². The second-order valence-corrected chi connectivity index (χ2v) is 3.08. The molecule has 2 N–H and O–H groups in total. The number of rotatable bonds is 3. The molecule has 0 atom stereocenters. The number of aromatic nitrogens is 2. The lowest BCUT2D eigenvalue weighted by Gasteiger charge is -2.06. The SMILES string of the molecule is CCOC(=O)Nc1c(C(=O)O)c(C)nn1C. The van der Waals surface area contributed by atoms with Crippen LogP contribution >= 0.6 is 0 Å². The number of carbonyl (C=O) groups is 2. The van der Waals surface area contributed by atoms with Crippen molar-refractivity contribution >= 4 is 17.9 Å². The molecule has 0 radical (unpaired) electrons. The summed E-state index contributed by atoms with van der Waals surface area (Å²) in [5.74, 6) is -1.03. The van der Waals surface area contributed by atoms with Gasteiger partial charge in [0.05, 0.1) is 12.3 Å². The van der Waals surface area contributed by atoms with E-state index in [1.165, 1.54) is 4.68 Å². The van der Waals surface area contributed by atoms with E-state index in [1.54, 1.807) is 20.9 Å². The number of nitrogens with zero attached hydrogens (tertiary/aromatic N) is 2. The Bertz CT molecular complexity index is 425. The van der Waals surface area contributed by atoms with E-state index in [-0.39, 0.29) is 18.0 Å². The number of carboxylic acids is 1. The number of amides is 1. The normalized spacial score (nSPS) is 9.94. The van der Waals surface area contributed by atoms with Crippen LogP contribution in [0.25, 0.3) is 0 Å². The summed E-state index contributed by atoms with van der Waals surface area (Å²) >= 11 is 0. The molecule has 0 saturated heterocycles. The van der Waals surface area contributed by atoms with Crippen LogP contribution in [-0.2, 0) is 11.8 Å². The van der Waals surface area contributed by atoms with Crippen LogP contribution in [0, 0.1) is 6.92 Å². The maximum absolute atomic E-state index is 11.2. The van der Waals surface area contributed by atoms with Crippen LogP contribution in [0.15, 0.2) is 0 Å². The van der Waals surface area contributed by atoms with Gasteiger partial charge in [0.2, 0.25) is 0 Å². The van der Waals surface area contributed by atoms with Crippen molar-refractivity contribution in [3.63, 3.8) is 0 Å². The summed E-state index contributed by atoms with van der Waals surface area (Å²) in [7, 11) is 1.54. The van der Waals surface area contributed by atoms with Gasteiger partial charge in [-0.1, -0.05) is 0 Å². The molecule has 1 aromatic rings. The van der Waals surface area contributed by atoms with E-state index in [4.69, 9.17) is 5.11 Å². The van der Waals surface area contributed by atoms with Crippen LogP contribution < -0.4 is 5.32 Å². The predicted molar refractivity (Wildman–Crippen MR) is 55.5 cm³/mol. The maximum atomic E-state index is 11.2. The Morgan fingerprint density at radius 2 is 2.19 bits per heavy atom. The van der Waals surface area contributed by atoms with Gasteiger partial charge in [0.15, 0.2) is 0 Å². The zero-order valence-electron chi connectivity index (χ0n) is 9.27. The Labute approximate surface area is 92.0 Å². The fourth-order valence-corrected chi connectivity index (χ4v) is 1.32. The monoisotopic (exact) mass is 227 g/mol. The van der Waals surface area contributed by atoms with Crippen molar-refractivity contribution in [3.8, 4) is 0 Å². The topological polar surface area (TPSA) is 93.4 Å². The van der Waals surface area contributed by atoms with Crippen LogP contribution in [0.1, 0.15) is 23.0 Å². The third-order valence-electron chi connectivity index (χ3n) is 1.93. The van der Waals surface area contributed by atoms with Gasteiger partial charge in [-0.15, -0.1) is 0 Å². The molecule has 16 heavy (non-hydrogen) atoms. The fourth-order valence-electron chi connectivity index (χ4n) is 1.32. The number of hydrogen-bond acceptors (Lipinski definition) is 4. The number of carboxylic acid groups (broad SMARTS) is 1. The van der Waals surface area contributed by atoms with Crippen molar-refractivity contribution in [2.75, 3.05) is 11.9 Å². The lowest BCUT2D eigenvalue weighted by molar-refractivity contribution is 0.0697. The zero-order chi connectivity index (χ0) is 12.3. The van der Waals surface area contributed by atoms with Gasteiger partial charge in [0.25, 0.3) is 0 Å². The molecule has 88 valence electrons. The first-order chi connectivity index (χ1) is 7.47. The summed E-state index contributed by atoms with van der Waals surface area (Å²) in [5.41, 5.74) is 0.303. The molecule has 0 saturated carbocycles. The molecule has 1 aromatic heterocycles. The van der Waals surface area contributed by atoms with Crippen molar-refractivity contribution in [2.45, 2.75) is 13.8 Å². The van der Waals surface area contributed by atoms with E-state index in [1.807, 2.05) is 0 Å². The summed E-state index contributed by atoms with van der Waals surface area (Å²) < 4.78 is 5.95. The third-order valence-corrected chi connectivity index (χ3v) is 1.93. The first-order valence-electron chi connectivity index (χ1n) is 4.68. The summed E-state index contributed by atoms with van der Waals surface area (Å²) in [6.45, 7) is 3.43. The molecular weight excluding hydrogens is 214 g/mol. The van der Waals surface area contributed by atoms with E-state index in [0.717, 1.165) is 0 Å². The lowest BCUT2D eigenvalue weighted by Crippen LogP contribution is -2.17. The van der Waals surface area contributed by atoms with Crippen molar-refractivity contribution in [1.82, 2.24) is 9.78 Å². The standard InChI is InChI=1S/C9H13N3O4/c1-4-16-9(15)10-7-6(8(13)14)5(2)11-12(7)3/h4H2,1-3H3,(H,10,15)(H,13,14). The van der Waals surface area contributed by atoms with Gasteiger partial charge in [-0.05, 0) is 13.8 Å². The Morgan fingerprint density at radius 3 is 2.69 bits per heavy atom. The molecule has 7 nitrogen and oxygen atoms in total. The van der Waals surface area contributed by atoms with Crippen molar-refractivity contribution in [2.24, 2.45) is 7.05 Å². The molecule has 1 heterocycles. The molecule has 0 unspecified atom stereocenters. The number of carbonyl (C=O) groups excluding carboxylic acids is 1. The number of aromatic carboxylic acids is 1. The predicted octanol–water partition coefficient (Wildman–Crippen LogP) is 0.995. The van der Waals surface area contributed by atoms with Gasteiger partial charge in [0, 0.05) is 7.05 Å². The summed E-state index contributed by atoms with van der Waals surface area (Å²) in [6, 6.07) is 0. The summed E-state index contributed by atoms with van der Waals surface area (Å²) in [6.07, 6.45) is -0.701. The number of anilines is 1. The second-order valence-electron chi connectivity index (χ2n) is 3.08. The zero-order valence-corrected chi connectivity index (χ0v) is 9.27. The molecule has 1 rings (SSSR count). The van der Waals surface area contributed by atoms with E-state index in [9.17, 15) is 9.59 Å². The van der Waals surface area contributed by atoms with Gasteiger partial charge < -0.3 is 9.84 Å². The minimum absolute atomic E-state index is 0.0319.